The fourth-order valence-electron chi connectivity index (χ4n) is 4.95. The highest BCUT2D eigenvalue weighted by atomic mass is 127. The minimum atomic E-state index is 0. The Bertz CT molecular complexity index is 453. The first kappa shape index (κ1) is 20.7. The molecule has 0 nitrogen and oxygen atoms in total. The molecule has 0 heterocycles. The van der Waals surface area contributed by atoms with E-state index in [2.05, 4.69) is 37.9 Å². The Hall–Kier alpha value is 0.380. The van der Waals surface area contributed by atoms with E-state index in [0.29, 0.717) is 0 Å². The molecule has 1 atom stereocenters. The SMILES string of the molecule is CCC[C@H]1CC[C@H](c2ccc([C@H]3CC[C@H](PC)CC3)cc2)CC1.I. The summed E-state index contributed by atoms with van der Waals surface area (Å²) in [5, 5.41) is 0. The number of rotatable bonds is 5. The first-order valence-corrected chi connectivity index (χ1v) is 11.6. The minimum Gasteiger partial charge on any atom is -0.122 e. The smallest absolute Gasteiger partial charge is 0.0162 e. The average molecular weight is 458 g/mol. The lowest BCUT2D eigenvalue weighted by atomic mass is 9.76. The topological polar surface area (TPSA) is 0 Å². The van der Waals surface area contributed by atoms with Crippen LogP contribution in [-0.4, -0.2) is 12.3 Å². The molecule has 1 unspecified atom stereocenters. The van der Waals surface area contributed by atoms with Gasteiger partial charge in [-0.1, -0.05) is 44.0 Å². The molecule has 2 aliphatic carbocycles. The summed E-state index contributed by atoms with van der Waals surface area (Å²) in [6.07, 6.45) is 14.4. The largest absolute Gasteiger partial charge is 0.122 e. The summed E-state index contributed by atoms with van der Waals surface area (Å²) in [4.78, 5) is 0. The number of hydrogen-bond acceptors (Lipinski definition) is 0. The highest BCUT2D eigenvalue weighted by Gasteiger charge is 2.23. The van der Waals surface area contributed by atoms with Gasteiger partial charge in [-0.05, 0) is 92.6 Å². The maximum atomic E-state index is 2.47. The van der Waals surface area contributed by atoms with Gasteiger partial charge in [0.25, 0.3) is 0 Å². The third-order valence-electron chi connectivity index (χ3n) is 6.56. The van der Waals surface area contributed by atoms with Gasteiger partial charge in [0.15, 0.2) is 0 Å². The minimum absolute atomic E-state index is 0. The van der Waals surface area contributed by atoms with E-state index in [1.165, 1.54) is 64.2 Å². The van der Waals surface area contributed by atoms with Gasteiger partial charge >= 0.3 is 0 Å². The third kappa shape index (κ3) is 5.44. The van der Waals surface area contributed by atoms with Crippen molar-refractivity contribution in [1.29, 1.82) is 0 Å². The van der Waals surface area contributed by atoms with Crippen molar-refractivity contribution in [3.05, 3.63) is 35.4 Å². The lowest BCUT2D eigenvalue weighted by Crippen LogP contribution is -2.15. The van der Waals surface area contributed by atoms with Crippen molar-refractivity contribution >= 4 is 32.6 Å². The van der Waals surface area contributed by atoms with Gasteiger partial charge in [0.1, 0.15) is 0 Å². The summed E-state index contributed by atoms with van der Waals surface area (Å²) in [5.74, 6) is 2.70. The molecular formula is C22H36IP. The van der Waals surface area contributed by atoms with E-state index in [0.717, 1.165) is 32.0 Å². The molecule has 3 rings (SSSR count). The molecule has 2 fully saturated rings. The Morgan fingerprint density at radius 2 is 1.25 bits per heavy atom. The molecule has 1 aromatic carbocycles. The van der Waals surface area contributed by atoms with Gasteiger partial charge < -0.3 is 0 Å². The second-order valence-corrected chi connectivity index (χ2v) is 9.40. The Balaban J connectivity index is 0.00000208. The second-order valence-electron chi connectivity index (χ2n) is 8.01. The first-order valence-electron chi connectivity index (χ1n) is 10.1. The summed E-state index contributed by atoms with van der Waals surface area (Å²) in [7, 11) is 1.15. The van der Waals surface area contributed by atoms with Gasteiger partial charge in [-0.2, -0.15) is 0 Å². The maximum absolute atomic E-state index is 2.47. The zero-order chi connectivity index (χ0) is 16.1. The van der Waals surface area contributed by atoms with Crippen molar-refractivity contribution in [3.63, 3.8) is 0 Å². The zero-order valence-electron chi connectivity index (χ0n) is 15.6. The van der Waals surface area contributed by atoms with Crippen molar-refractivity contribution in [2.24, 2.45) is 5.92 Å². The predicted molar refractivity (Wildman–Crippen MR) is 121 cm³/mol. The summed E-state index contributed by atoms with van der Waals surface area (Å²) in [6.45, 7) is 4.72. The Kier molecular flexibility index (Phi) is 9.06. The van der Waals surface area contributed by atoms with Gasteiger partial charge in [-0.3, -0.25) is 0 Å². The lowest BCUT2D eigenvalue weighted by molar-refractivity contribution is 0.308. The maximum Gasteiger partial charge on any atom is -0.0162 e. The van der Waals surface area contributed by atoms with E-state index in [4.69, 9.17) is 0 Å². The molecule has 24 heavy (non-hydrogen) atoms. The van der Waals surface area contributed by atoms with E-state index >= 15 is 0 Å². The molecule has 1 aromatic rings. The van der Waals surface area contributed by atoms with Crippen LogP contribution in [0.2, 0.25) is 0 Å². The number of benzene rings is 1. The van der Waals surface area contributed by atoms with Crippen molar-refractivity contribution in [1.82, 2.24) is 0 Å². The van der Waals surface area contributed by atoms with Crippen LogP contribution in [0, 0.1) is 5.92 Å². The van der Waals surface area contributed by atoms with Crippen LogP contribution < -0.4 is 0 Å². The van der Waals surface area contributed by atoms with Gasteiger partial charge in [-0.15, -0.1) is 32.6 Å². The van der Waals surface area contributed by atoms with Crippen LogP contribution in [0.4, 0.5) is 0 Å². The van der Waals surface area contributed by atoms with Gasteiger partial charge in [0.05, 0.1) is 0 Å². The van der Waals surface area contributed by atoms with E-state index in [1.807, 2.05) is 0 Å². The molecule has 0 radical (unpaired) electrons. The summed E-state index contributed by atoms with van der Waals surface area (Å²) >= 11 is 0. The van der Waals surface area contributed by atoms with E-state index in [9.17, 15) is 0 Å². The second kappa shape index (κ2) is 10.5. The highest BCUT2D eigenvalue weighted by Crippen LogP contribution is 2.40. The zero-order valence-corrected chi connectivity index (χ0v) is 18.9. The van der Waals surface area contributed by atoms with E-state index in [1.54, 1.807) is 11.1 Å². The molecule has 0 aliphatic heterocycles. The van der Waals surface area contributed by atoms with E-state index in [-0.39, 0.29) is 24.0 Å². The van der Waals surface area contributed by atoms with Crippen molar-refractivity contribution in [3.8, 4) is 0 Å². The molecular weight excluding hydrogens is 422 g/mol. The number of hydrogen-bond donors (Lipinski definition) is 0. The molecule has 0 saturated heterocycles. The molecule has 136 valence electrons. The fraction of sp³-hybridized carbons (Fsp3) is 0.727. The Labute approximate surface area is 168 Å². The summed E-state index contributed by atoms with van der Waals surface area (Å²) in [5.41, 5.74) is 4.27. The molecule has 2 saturated carbocycles. The van der Waals surface area contributed by atoms with Crippen LogP contribution in [0.3, 0.4) is 0 Å². The van der Waals surface area contributed by atoms with Crippen LogP contribution in [0.1, 0.15) is 94.1 Å². The predicted octanol–water partition coefficient (Wildman–Crippen LogP) is 7.71. The molecule has 0 amide bonds. The van der Waals surface area contributed by atoms with Crippen LogP contribution in [0.15, 0.2) is 24.3 Å². The van der Waals surface area contributed by atoms with Crippen LogP contribution >= 0.6 is 32.6 Å². The molecule has 0 bridgehead atoms. The van der Waals surface area contributed by atoms with Crippen LogP contribution in [0.25, 0.3) is 0 Å². The van der Waals surface area contributed by atoms with Crippen molar-refractivity contribution in [2.75, 3.05) is 6.66 Å². The Morgan fingerprint density at radius 3 is 1.67 bits per heavy atom. The van der Waals surface area contributed by atoms with Crippen LogP contribution in [0.5, 0.6) is 0 Å². The molecule has 0 spiro atoms. The van der Waals surface area contributed by atoms with Gasteiger partial charge in [0, 0.05) is 0 Å². The Morgan fingerprint density at radius 1 is 0.792 bits per heavy atom. The van der Waals surface area contributed by atoms with Gasteiger partial charge in [-0.25, -0.2) is 0 Å². The molecule has 0 aromatic heterocycles. The van der Waals surface area contributed by atoms with Gasteiger partial charge in [0.2, 0.25) is 0 Å². The molecule has 2 heteroatoms. The molecule has 0 N–H and O–H groups in total. The number of halogens is 1. The van der Waals surface area contributed by atoms with E-state index < -0.39 is 0 Å². The highest BCUT2D eigenvalue weighted by molar-refractivity contribution is 14.0. The normalized spacial score (nSPS) is 31.1. The summed E-state index contributed by atoms with van der Waals surface area (Å²) < 4.78 is 0. The standard InChI is InChI=1S/C22H35P.HI/c1-3-4-17-5-7-18(8-6-17)19-9-11-20(12-10-19)21-13-15-22(23-2)16-14-21;/h9-12,17-18,21-23H,3-8,13-16H2,1-2H3;1H/t17-,18-,21-,22-;. The third-order valence-corrected chi connectivity index (χ3v) is 7.95. The molecule has 2 aliphatic rings. The first-order chi connectivity index (χ1) is 11.3. The quantitative estimate of drug-likeness (QED) is 0.313. The van der Waals surface area contributed by atoms with Crippen LogP contribution in [-0.2, 0) is 0 Å². The van der Waals surface area contributed by atoms with Crippen molar-refractivity contribution < 1.29 is 0 Å². The fourth-order valence-corrected chi connectivity index (χ4v) is 5.86. The summed E-state index contributed by atoms with van der Waals surface area (Å²) in [6, 6.07) is 9.86. The average Bonchev–Trinajstić information content (AvgIpc) is 2.63. The lowest BCUT2D eigenvalue weighted by Gasteiger charge is -2.30. The monoisotopic (exact) mass is 458 g/mol. The van der Waals surface area contributed by atoms with Crippen molar-refractivity contribution in [2.45, 2.75) is 88.6 Å².